The van der Waals surface area contributed by atoms with E-state index in [1.807, 2.05) is 11.5 Å². The zero-order valence-corrected chi connectivity index (χ0v) is 11.2. The number of nitrogen functional groups attached to an aromatic ring is 1. The van der Waals surface area contributed by atoms with Gasteiger partial charge in [0.15, 0.2) is 10.3 Å². The SMILES string of the molecule is CCCSC=CCc1nc(Cl)c(N)c(Cl)n1. The van der Waals surface area contributed by atoms with Crippen LogP contribution in [0.15, 0.2) is 11.5 Å². The topological polar surface area (TPSA) is 51.8 Å². The minimum atomic E-state index is 0.213. The third-order valence-corrected chi connectivity index (χ3v) is 3.32. The highest BCUT2D eigenvalue weighted by Crippen LogP contribution is 2.23. The maximum atomic E-state index is 5.79. The van der Waals surface area contributed by atoms with Crippen LogP contribution in [0.4, 0.5) is 5.69 Å². The van der Waals surface area contributed by atoms with E-state index in [1.165, 1.54) is 0 Å². The summed E-state index contributed by atoms with van der Waals surface area (Å²) in [6.45, 7) is 2.14. The summed E-state index contributed by atoms with van der Waals surface area (Å²) in [5.41, 5.74) is 5.77. The van der Waals surface area contributed by atoms with E-state index in [0.29, 0.717) is 12.2 Å². The lowest BCUT2D eigenvalue weighted by Crippen LogP contribution is -1.99. The maximum absolute atomic E-state index is 5.79. The number of nitrogens with two attached hydrogens (primary N) is 1. The van der Waals surface area contributed by atoms with Gasteiger partial charge in [0.05, 0.1) is 0 Å². The number of nitrogens with zero attached hydrogens (tertiary/aromatic N) is 2. The van der Waals surface area contributed by atoms with Crippen molar-refractivity contribution in [3.8, 4) is 0 Å². The van der Waals surface area contributed by atoms with Crippen LogP contribution in [0.1, 0.15) is 19.2 Å². The summed E-state index contributed by atoms with van der Waals surface area (Å²) < 4.78 is 0. The monoisotopic (exact) mass is 277 g/mol. The zero-order chi connectivity index (χ0) is 12.0. The zero-order valence-electron chi connectivity index (χ0n) is 8.91. The molecule has 88 valence electrons. The molecule has 0 aliphatic carbocycles. The van der Waals surface area contributed by atoms with Crippen LogP contribution in [0.3, 0.4) is 0 Å². The molecule has 0 saturated heterocycles. The Labute approximate surface area is 109 Å². The number of hydrogen-bond acceptors (Lipinski definition) is 4. The van der Waals surface area contributed by atoms with Crippen LogP contribution in [-0.2, 0) is 6.42 Å². The maximum Gasteiger partial charge on any atom is 0.157 e. The molecule has 0 amide bonds. The molecule has 6 heteroatoms. The van der Waals surface area contributed by atoms with Gasteiger partial charge in [0.25, 0.3) is 0 Å². The molecule has 1 heterocycles. The van der Waals surface area contributed by atoms with Gasteiger partial charge in [-0.05, 0) is 17.6 Å². The van der Waals surface area contributed by atoms with E-state index in [2.05, 4.69) is 16.9 Å². The van der Waals surface area contributed by atoms with E-state index < -0.39 is 0 Å². The molecule has 0 aliphatic heterocycles. The third kappa shape index (κ3) is 4.20. The van der Waals surface area contributed by atoms with Gasteiger partial charge in [-0.15, -0.1) is 11.8 Å². The Hall–Kier alpha value is -0.450. The van der Waals surface area contributed by atoms with Crippen LogP contribution in [0.2, 0.25) is 10.3 Å². The Bertz CT molecular complexity index is 359. The standard InChI is InChI=1S/C10H13Cl2N3S/c1-2-5-16-6-3-4-7-14-9(11)8(13)10(12)15-7/h3,6H,2,4-5,13H2,1H3. The van der Waals surface area contributed by atoms with Gasteiger partial charge in [0, 0.05) is 6.42 Å². The van der Waals surface area contributed by atoms with Gasteiger partial charge >= 0.3 is 0 Å². The number of aromatic nitrogens is 2. The highest BCUT2D eigenvalue weighted by atomic mass is 35.5. The number of rotatable bonds is 5. The molecular weight excluding hydrogens is 265 g/mol. The fraction of sp³-hybridized carbons (Fsp3) is 0.400. The summed E-state index contributed by atoms with van der Waals surface area (Å²) >= 11 is 13.3. The van der Waals surface area contributed by atoms with Gasteiger partial charge in [-0.2, -0.15) is 0 Å². The fourth-order valence-electron chi connectivity index (χ4n) is 0.956. The predicted octanol–water partition coefficient (Wildman–Crippen LogP) is 3.57. The van der Waals surface area contributed by atoms with Crippen LogP contribution in [0.25, 0.3) is 0 Å². The molecule has 0 aliphatic rings. The lowest BCUT2D eigenvalue weighted by Gasteiger charge is -2.01. The molecule has 0 saturated carbocycles. The first kappa shape index (κ1) is 13.6. The molecule has 0 aromatic carbocycles. The van der Waals surface area contributed by atoms with Crippen LogP contribution in [0, 0.1) is 0 Å². The third-order valence-electron chi connectivity index (χ3n) is 1.71. The average molecular weight is 278 g/mol. The molecule has 0 unspecified atom stereocenters. The van der Waals surface area contributed by atoms with Crippen LogP contribution >= 0.6 is 35.0 Å². The molecule has 0 spiro atoms. The lowest BCUT2D eigenvalue weighted by atomic mass is 10.4. The second-order valence-corrected chi connectivity index (χ2v) is 4.81. The van der Waals surface area contributed by atoms with E-state index >= 15 is 0 Å². The quantitative estimate of drug-likeness (QED) is 0.661. The van der Waals surface area contributed by atoms with Gasteiger partial charge in [0.1, 0.15) is 11.5 Å². The van der Waals surface area contributed by atoms with Crippen molar-refractivity contribution >= 4 is 40.7 Å². The number of hydrogen-bond donors (Lipinski definition) is 1. The Kier molecular flexibility index (Phi) is 5.95. The molecule has 3 nitrogen and oxygen atoms in total. The van der Waals surface area contributed by atoms with Gasteiger partial charge < -0.3 is 5.73 Å². The Morgan fingerprint density at radius 3 is 2.50 bits per heavy atom. The van der Waals surface area contributed by atoms with Crippen molar-refractivity contribution < 1.29 is 0 Å². The number of allylic oxidation sites excluding steroid dienone is 1. The van der Waals surface area contributed by atoms with Crippen LogP contribution < -0.4 is 5.73 Å². The van der Waals surface area contributed by atoms with E-state index in [0.717, 1.165) is 12.2 Å². The van der Waals surface area contributed by atoms with Crippen LogP contribution in [-0.4, -0.2) is 15.7 Å². The molecular formula is C10H13Cl2N3S. The van der Waals surface area contributed by atoms with Crippen molar-refractivity contribution in [1.82, 2.24) is 9.97 Å². The van der Waals surface area contributed by atoms with Crippen molar-refractivity contribution in [2.24, 2.45) is 0 Å². The predicted molar refractivity (Wildman–Crippen MR) is 72.1 cm³/mol. The first-order valence-corrected chi connectivity index (χ1v) is 6.69. The normalized spacial score (nSPS) is 11.2. The Morgan fingerprint density at radius 2 is 1.94 bits per heavy atom. The summed E-state index contributed by atoms with van der Waals surface area (Å²) in [4.78, 5) is 8.07. The summed E-state index contributed by atoms with van der Waals surface area (Å²) in [5.74, 6) is 1.69. The van der Waals surface area contributed by atoms with Gasteiger partial charge in [-0.25, -0.2) is 9.97 Å². The molecule has 0 bridgehead atoms. The highest BCUT2D eigenvalue weighted by molar-refractivity contribution is 8.02. The first-order valence-electron chi connectivity index (χ1n) is 4.89. The van der Waals surface area contributed by atoms with Crippen molar-refractivity contribution in [2.45, 2.75) is 19.8 Å². The molecule has 0 fully saturated rings. The molecule has 2 N–H and O–H groups in total. The number of halogens is 2. The van der Waals surface area contributed by atoms with E-state index in [-0.39, 0.29) is 16.0 Å². The van der Waals surface area contributed by atoms with E-state index in [1.54, 1.807) is 11.8 Å². The van der Waals surface area contributed by atoms with Gasteiger partial charge in [-0.3, -0.25) is 0 Å². The first-order chi connectivity index (χ1) is 7.65. The molecule has 16 heavy (non-hydrogen) atoms. The van der Waals surface area contributed by atoms with Crippen molar-refractivity contribution in [1.29, 1.82) is 0 Å². The summed E-state index contributed by atoms with van der Waals surface area (Å²) in [5, 5.41) is 2.46. The smallest absolute Gasteiger partial charge is 0.157 e. The molecule has 0 atom stereocenters. The van der Waals surface area contributed by atoms with Gasteiger partial charge in [-0.1, -0.05) is 36.2 Å². The second kappa shape index (κ2) is 6.99. The highest BCUT2D eigenvalue weighted by Gasteiger charge is 2.06. The lowest BCUT2D eigenvalue weighted by molar-refractivity contribution is 0.994. The minimum absolute atomic E-state index is 0.213. The van der Waals surface area contributed by atoms with E-state index in [4.69, 9.17) is 28.9 Å². The second-order valence-electron chi connectivity index (χ2n) is 3.08. The minimum Gasteiger partial charge on any atom is -0.394 e. The Balaban J connectivity index is 2.58. The fourth-order valence-corrected chi connectivity index (χ4v) is 1.98. The molecule has 1 aromatic rings. The van der Waals surface area contributed by atoms with Gasteiger partial charge in [0.2, 0.25) is 0 Å². The molecule has 0 radical (unpaired) electrons. The Morgan fingerprint density at radius 1 is 1.31 bits per heavy atom. The molecule has 1 aromatic heterocycles. The molecule has 1 rings (SSSR count). The average Bonchev–Trinajstić information content (AvgIpc) is 2.25. The van der Waals surface area contributed by atoms with Crippen molar-refractivity contribution in [2.75, 3.05) is 11.5 Å². The van der Waals surface area contributed by atoms with Crippen molar-refractivity contribution in [3.63, 3.8) is 0 Å². The summed E-state index contributed by atoms with van der Waals surface area (Å²) in [7, 11) is 0. The van der Waals surface area contributed by atoms with Crippen molar-refractivity contribution in [3.05, 3.63) is 27.6 Å². The summed E-state index contributed by atoms with van der Waals surface area (Å²) in [6, 6.07) is 0. The number of thioether (sulfide) groups is 1. The largest absolute Gasteiger partial charge is 0.394 e. The van der Waals surface area contributed by atoms with Crippen LogP contribution in [0.5, 0.6) is 0 Å². The summed E-state index contributed by atoms with van der Waals surface area (Å²) in [6.07, 6.45) is 3.75. The van der Waals surface area contributed by atoms with E-state index in [9.17, 15) is 0 Å². The number of anilines is 1.